The van der Waals surface area contributed by atoms with Crippen LogP contribution in [0, 0.1) is 17.5 Å². The van der Waals surface area contributed by atoms with Crippen molar-refractivity contribution >= 4 is 34.9 Å². The molecule has 1 N–H and O–H groups in total. The quantitative estimate of drug-likeness (QED) is 0.402. The first-order chi connectivity index (χ1) is 8.99. The van der Waals surface area contributed by atoms with Crippen LogP contribution in [0.15, 0.2) is 23.4 Å². The van der Waals surface area contributed by atoms with Crippen molar-refractivity contribution in [2.24, 2.45) is 0 Å². The fourth-order valence-corrected chi connectivity index (χ4v) is 1.95. The molecule has 100 valence electrons. The molecular formula is C11H7ClF3N3S. The lowest BCUT2D eigenvalue weighted by atomic mass is 10.3. The van der Waals surface area contributed by atoms with E-state index in [4.69, 9.17) is 11.6 Å². The summed E-state index contributed by atoms with van der Waals surface area (Å²) in [5.74, 6) is -3.23. The van der Waals surface area contributed by atoms with Gasteiger partial charge in [-0.15, -0.1) is 0 Å². The summed E-state index contributed by atoms with van der Waals surface area (Å²) in [6.45, 7) is 0. The average molecular weight is 306 g/mol. The molecular weight excluding hydrogens is 299 g/mol. The molecule has 2 rings (SSSR count). The molecule has 0 saturated carbocycles. The highest BCUT2D eigenvalue weighted by Gasteiger charge is 2.12. The van der Waals surface area contributed by atoms with Crippen LogP contribution in [0.5, 0.6) is 0 Å². The van der Waals surface area contributed by atoms with E-state index in [-0.39, 0.29) is 16.7 Å². The normalized spacial score (nSPS) is 10.6. The van der Waals surface area contributed by atoms with Gasteiger partial charge in [0.1, 0.15) is 16.8 Å². The van der Waals surface area contributed by atoms with E-state index < -0.39 is 17.5 Å². The molecule has 1 heterocycles. The SMILES string of the molecule is CSc1nc(Cl)cc(Nc2cc(F)cc(F)c2F)n1. The Kier molecular flexibility index (Phi) is 4.16. The van der Waals surface area contributed by atoms with E-state index in [0.717, 1.165) is 6.07 Å². The monoisotopic (exact) mass is 305 g/mol. The number of nitrogens with zero attached hydrogens (tertiary/aromatic N) is 2. The van der Waals surface area contributed by atoms with Crippen LogP contribution >= 0.6 is 23.4 Å². The van der Waals surface area contributed by atoms with Crippen LogP contribution in [-0.2, 0) is 0 Å². The third-order valence-corrected chi connectivity index (χ3v) is 2.85. The summed E-state index contributed by atoms with van der Waals surface area (Å²) in [5.41, 5.74) is -0.362. The van der Waals surface area contributed by atoms with Crippen LogP contribution in [0.3, 0.4) is 0 Å². The molecule has 0 aliphatic heterocycles. The maximum atomic E-state index is 13.5. The lowest BCUT2D eigenvalue weighted by Crippen LogP contribution is -2.01. The molecule has 0 unspecified atom stereocenters. The molecule has 0 amide bonds. The van der Waals surface area contributed by atoms with Gasteiger partial charge in [-0.05, 0) is 6.26 Å². The second kappa shape index (κ2) is 5.66. The van der Waals surface area contributed by atoms with Crippen molar-refractivity contribution in [1.29, 1.82) is 0 Å². The first-order valence-electron chi connectivity index (χ1n) is 4.99. The van der Waals surface area contributed by atoms with Gasteiger partial charge in [-0.3, -0.25) is 0 Å². The zero-order valence-corrected chi connectivity index (χ0v) is 11.1. The summed E-state index contributed by atoms with van der Waals surface area (Å²) in [6.07, 6.45) is 1.73. The van der Waals surface area contributed by atoms with E-state index in [2.05, 4.69) is 15.3 Å². The van der Waals surface area contributed by atoms with Gasteiger partial charge in [-0.1, -0.05) is 23.4 Å². The zero-order valence-electron chi connectivity index (χ0n) is 9.55. The van der Waals surface area contributed by atoms with Crippen LogP contribution in [0.1, 0.15) is 0 Å². The molecule has 1 aromatic heterocycles. The molecule has 0 fully saturated rings. The minimum absolute atomic E-state index is 0.138. The smallest absolute Gasteiger partial charge is 0.190 e. The summed E-state index contributed by atoms with van der Waals surface area (Å²) < 4.78 is 39.5. The fourth-order valence-electron chi connectivity index (χ4n) is 1.34. The van der Waals surface area contributed by atoms with Crippen molar-refractivity contribution in [3.63, 3.8) is 0 Å². The highest BCUT2D eigenvalue weighted by molar-refractivity contribution is 7.98. The van der Waals surface area contributed by atoms with Crippen LogP contribution in [0.4, 0.5) is 24.7 Å². The maximum Gasteiger partial charge on any atom is 0.190 e. The van der Waals surface area contributed by atoms with E-state index in [1.807, 2.05) is 0 Å². The standard InChI is InChI=1S/C11H7ClF3N3S/c1-19-11-17-8(12)4-9(18-11)16-7-3-5(13)2-6(14)10(7)15/h2-4H,1H3,(H,16,17,18). The Morgan fingerprint density at radius 1 is 1.16 bits per heavy atom. The molecule has 0 aliphatic rings. The Morgan fingerprint density at radius 3 is 2.58 bits per heavy atom. The van der Waals surface area contributed by atoms with E-state index in [9.17, 15) is 13.2 Å². The van der Waals surface area contributed by atoms with Gasteiger partial charge in [0, 0.05) is 18.2 Å². The highest BCUT2D eigenvalue weighted by atomic mass is 35.5. The predicted octanol–water partition coefficient (Wildman–Crippen LogP) is 4.01. The van der Waals surface area contributed by atoms with Crippen molar-refractivity contribution in [2.45, 2.75) is 5.16 Å². The number of hydrogen-bond donors (Lipinski definition) is 1. The number of rotatable bonds is 3. The first-order valence-corrected chi connectivity index (χ1v) is 6.60. The zero-order chi connectivity index (χ0) is 14.0. The molecule has 0 spiro atoms. The topological polar surface area (TPSA) is 37.8 Å². The Bertz CT molecular complexity index is 624. The van der Waals surface area contributed by atoms with Gasteiger partial charge < -0.3 is 5.32 Å². The number of anilines is 2. The number of nitrogens with one attached hydrogen (secondary N) is 1. The number of hydrogen-bond acceptors (Lipinski definition) is 4. The van der Waals surface area contributed by atoms with Gasteiger partial charge in [-0.25, -0.2) is 23.1 Å². The summed E-state index contributed by atoms with van der Waals surface area (Å²) in [7, 11) is 0. The first kappa shape index (κ1) is 14.0. The maximum absolute atomic E-state index is 13.5. The van der Waals surface area contributed by atoms with Gasteiger partial charge >= 0.3 is 0 Å². The van der Waals surface area contributed by atoms with Crippen molar-refractivity contribution < 1.29 is 13.2 Å². The number of aromatic nitrogens is 2. The second-order valence-electron chi connectivity index (χ2n) is 3.44. The molecule has 0 aliphatic carbocycles. The Hall–Kier alpha value is -1.47. The van der Waals surface area contributed by atoms with Crippen LogP contribution in [0.25, 0.3) is 0 Å². The van der Waals surface area contributed by atoms with Crippen molar-refractivity contribution in [2.75, 3.05) is 11.6 Å². The molecule has 1 aromatic carbocycles. The van der Waals surface area contributed by atoms with Crippen molar-refractivity contribution in [3.05, 3.63) is 40.8 Å². The fraction of sp³-hybridized carbons (Fsp3) is 0.0909. The lowest BCUT2D eigenvalue weighted by Gasteiger charge is -2.08. The van der Waals surface area contributed by atoms with Gasteiger partial charge in [0.05, 0.1) is 5.69 Å². The van der Waals surface area contributed by atoms with Crippen LogP contribution in [-0.4, -0.2) is 16.2 Å². The van der Waals surface area contributed by atoms with Gasteiger partial charge in [-0.2, -0.15) is 0 Å². The lowest BCUT2D eigenvalue weighted by molar-refractivity contribution is 0.498. The highest BCUT2D eigenvalue weighted by Crippen LogP contribution is 2.24. The Labute approximate surface area is 116 Å². The number of thioether (sulfide) groups is 1. The summed E-state index contributed by atoms with van der Waals surface area (Å²) in [6, 6.07) is 2.61. The second-order valence-corrected chi connectivity index (χ2v) is 4.60. The number of benzene rings is 1. The van der Waals surface area contributed by atoms with Crippen molar-refractivity contribution in [3.8, 4) is 0 Å². The molecule has 0 bridgehead atoms. The van der Waals surface area contributed by atoms with E-state index in [1.54, 1.807) is 6.26 Å². The molecule has 2 aromatic rings. The predicted molar refractivity (Wildman–Crippen MR) is 68.4 cm³/mol. The van der Waals surface area contributed by atoms with E-state index in [0.29, 0.717) is 11.2 Å². The molecule has 3 nitrogen and oxygen atoms in total. The Morgan fingerprint density at radius 2 is 1.89 bits per heavy atom. The minimum Gasteiger partial charge on any atom is -0.337 e. The molecule has 0 saturated heterocycles. The summed E-state index contributed by atoms with van der Waals surface area (Å²) in [4.78, 5) is 7.88. The van der Waals surface area contributed by atoms with E-state index in [1.165, 1.54) is 17.8 Å². The van der Waals surface area contributed by atoms with Gasteiger partial charge in [0.2, 0.25) is 0 Å². The largest absolute Gasteiger partial charge is 0.337 e. The van der Waals surface area contributed by atoms with Gasteiger partial charge in [0.25, 0.3) is 0 Å². The van der Waals surface area contributed by atoms with Crippen molar-refractivity contribution in [1.82, 2.24) is 9.97 Å². The Balaban J connectivity index is 2.38. The molecule has 19 heavy (non-hydrogen) atoms. The summed E-state index contributed by atoms with van der Waals surface area (Å²) >= 11 is 6.98. The third-order valence-electron chi connectivity index (χ3n) is 2.11. The van der Waals surface area contributed by atoms with Gasteiger partial charge in [0.15, 0.2) is 16.8 Å². The number of halogens is 4. The van der Waals surface area contributed by atoms with E-state index >= 15 is 0 Å². The third kappa shape index (κ3) is 3.30. The molecule has 8 heteroatoms. The van der Waals surface area contributed by atoms with Crippen LogP contribution in [0.2, 0.25) is 5.15 Å². The van der Waals surface area contributed by atoms with Crippen LogP contribution < -0.4 is 5.32 Å². The summed E-state index contributed by atoms with van der Waals surface area (Å²) in [5, 5.41) is 2.96. The minimum atomic E-state index is -1.28. The average Bonchev–Trinajstić information content (AvgIpc) is 2.34. The molecule has 0 radical (unpaired) electrons. The molecule has 0 atom stereocenters.